The van der Waals surface area contributed by atoms with Crippen molar-refractivity contribution in [3.8, 4) is 0 Å². The number of carbonyl (C=O) groups is 3. The molecular weight excluding hydrogens is 278 g/mol. The molecular formula is C13H21N3O5. The maximum absolute atomic E-state index is 12.1. The van der Waals surface area contributed by atoms with Gasteiger partial charge < -0.3 is 25.4 Å². The number of nitrogens with zero attached hydrogens (tertiary/aromatic N) is 1. The molecule has 8 nitrogen and oxygen atoms in total. The van der Waals surface area contributed by atoms with Gasteiger partial charge in [-0.05, 0) is 19.8 Å². The number of aliphatic carboxylic acids is 1. The SMILES string of the molecule is CC(NC(=O)N1CCOC(CC(=O)O)C1)C(=O)NC1CC1. The zero-order valence-corrected chi connectivity index (χ0v) is 12.0. The molecule has 2 rings (SSSR count). The van der Waals surface area contributed by atoms with E-state index in [-0.39, 0.29) is 30.9 Å². The highest BCUT2D eigenvalue weighted by Gasteiger charge is 2.29. The molecule has 2 atom stereocenters. The van der Waals surface area contributed by atoms with Crippen LogP contribution in [0.1, 0.15) is 26.2 Å². The summed E-state index contributed by atoms with van der Waals surface area (Å²) in [6.45, 7) is 2.53. The molecule has 1 saturated heterocycles. The minimum Gasteiger partial charge on any atom is -0.481 e. The number of morpholine rings is 1. The Morgan fingerprint density at radius 1 is 1.38 bits per heavy atom. The maximum atomic E-state index is 12.1. The molecule has 2 unspecified atom stereocenters. The normalized spacial score (nSPS) is 23.3. The van der Waals surface area contributed by atoms with Crippen LogP contribution < -0.4 is 10.6 Å². The van der Waals surface area contributed by atoms with Gasteiger partial charge in [-0.1, -0.05) is 0 Å². The van der Waals surface area contributed by atoms with Crippen molar-refractivity contribution in [2.45, 2.75) is 44.4 Å². The lowest BCUT2D eigenvalue weighted by Crippen LogP contribution is -2.54. The summed E-state index contributed by atoms with van der Waals surface area (Å²) in [4.78, 5) is 36.0. The maximum Gasteiger partial charge on any atom is 0.318 e. The number of urea groups is 1. The van der Waals surface area contributed by atoms with Crippen LogP contribution in [0.5, 0.6) is 0 Å². The molecule has 1 heterocycles. The van der Waals surface area contributed by atoms with E-state index in [1.165, 1.54) is 4.90 Å². The summed E-state index contributed by atoms with van der Waals surface area (Å²) < 4.78 is 5.30. The fourth-order valence-corrected chi connectivity index (χ4v) is 2.12. The van der Waals surface area contributed by atoms with E-state index in [0.29, 0.717) is 13.2 Å². The largest absolute Gasteiger partial charge is 0.481 e. The van der Waals surface area contributed by atoms with Gasteiger partial charge in [-0.15, -0.1) is 0 Å². The van der Waals surface area contributed by atoms with Gasteiger partial charge in [-0.2, -0.15) is 0 Å². The van der Waals surface area contributed by atoms with Crippen LogP contribution in [-0.4, -0.2) is 65.8 Å². The summed E-state index contributed by atoms with van der Waals surface area (Å²) in [6.07, 6.45) is 1.35. The summed E-state index contributed by atoms with van der Waals surface area (Å²) in [5, 5.41) is 14.2. The number of amides is 3. The van der Waals surface area contributed by atoms with E-state index in [4.69, 9.17) is 9.84 Å². The second-order valence-corrected chi connectivity index (χ2v) is 5.49. The van der Waals surface area contributed by atoms with E-state index in [9.17, 15) is 14.4 Å². The van der Waals surface area contributed by atoms with Gasteiger partial charge in [-0.25, -0.2) is 4.79 Å². The number of hydrogen-bond donors (Lipinski definition) is 3. The average molecular weight is 299 g/mol. The minimum absolute atomic E-state index is 0.137. The molecule has 0 radical (unpaired) electrons. The zero-order chi connectivity index (χ0) is 15.4. The van der Waals surface area contributed by atoms with Crippen molar-refractivity contribution < 1.29 is 24.2 Å². The highest BCUT2D eigenvalue weighted by atomic mass is 16.5. The van der Waals surface area contributed by atoms with Crippen LogP contribution >= 0.6 is 0 Å². The Kier molecular flexibility index (Phi) is 5.00. The highest BCUT2D eigenvalue weighted by Crippen LogP contribution is 2.18. The molecule has 0 spiro atoms. The average Bonchev–Trinajstić information content (AvgIpc) is 3.22. The first-order valence-corrected chi connectivity index (χ1v) is 7.15. The fourth-order valence-electron chi connectivity index (χ4n) is 2.12. The Morgan fingerprint density at radius 3 is 2.71 bits per heavy atom. The van der Waals surface area contributed by atoms with E-state index in [2.05, 4.69) is 10.6 Å². The Labute approximate surface area is 122 Å². The molecule has 21 heavy (non-hydrogen) atoms. The Balaban J connectivity index is 1.78. The molecule has 1 saturated carbocycles. The minimum atomic E-state index is -0.959. The van der Waals surface area contributed by atoms with Gasteiger partial charge in [0.25, 0.3) is 0 Å². The molecule has 2 aliphatic rings. The van der Waals surface area contributed by atoms with E-state index in [0.717, 1.165) is 12.8 Å². The first-order chi connectivity index (χ1) is 9.95. The second kappa shape index (κ2) is 6.75. The third kappa shape index (κ3) is 4.89. The van der Waals surface area contributed by atoms with Crippen molar-refractivity contribution in [2.75, 3.05) is 19.7 Å². The number of nitrogens with one attached hydrogen (secondary N) is 2. The van der Waals surface area contributed by atoms with Crippen LogP contribution in [0.4, 0.5) is 4.79 Å². The first-order valence-electron chi connectivity index (χ1n) is 7.15. The fraction of sp³-hybridized carbons (Fsp3) is 0.769. The van der Waals surface area contributed by atoms with Crippen molar-refractivity contribution in [1.82, 2.24) is 15.5 Å². The highest BCUT2D eigenvalue weighted by molar-refractivity contribution is 5.87. The summed E-state index contributed by atoms with van der Waals surface area (Å²) >= 11 is 0. The van der Waals surface area contributed by atoms with Gasteiger partial charge in [0.1, 0.15) is 6.04 Å². The number of carboxylic acid groups (broad SMARTS) is 1. The molecule has 8 heteroatoms. The summed E-state index contributed by atoms with van der Waals surface area (Å²) in [7, 11) is 0. The quantitative estimate of drug-likeness (QED) is 0.636. The van der Waals surface area contributed by atoms with Gasteiger partial charge in [-0.3, -0.25) is 9.59 Å². The second-order valence-electron chi connectivity index (χ2n) is 5.49. The predicted molar refractivity (Wildman–Crippen MR) is 72.7 cm³/mol. The van der Waals surface area contributed by atoms with Gasteiger partial charge in [0, 0.05) is 19.1 Å². The summed E-state index contributed by atoms with van der Waals surface area (Å²) in [6, 6.07) is -0.730. The van der Waals surface area contributed by atoms with Gasteiger partial charge in [0.2, 0.25) is 5.91 Å². The first kappa shape index (κ1) is 15.6. The number of carbonyl (C=O) groups excluding carboxylic acids is 2. The van der Waals surface area contributed by atoms with Crippen molar-refractivity contribution in [1.29, 1.82) is 0 Å². The lowest BCUT2D eigenvalue weighted by Gasteiger charge is -2.33. The standard InChI is InChI=1S/C13H21N3O5/c1-8(12(19)15-9-2-3-9)14-13(20)16-4-5-21-10(7-16)6-11(17)18/h8-10H,2-7H2,1H3,(H,14,20)(H,15,19)(H,17,18). The van der Waals surface area contributed by atoms with Crippen LogP contribution in [-0.2, 0) is 14.3 Å². The predicted octanol–water partition coefficient (Wildman–Crippen LogP) is -0.461. The van der Waals surface area contributed by atoms with E-state index in [1.54, 1.807) is 6.92 Å². The Morgan fingerprint density at radius 2 is 2.10 bits per heavy atom. The molecule has 118 valence electrons. The molecule has 3 amide bonds. The number of carboxylic acids is 1. The topological polar surface area (TPSA) is 108 Å². The summed E-state index contributed by atoms with van der Waals surface area (Å²) in [5.74, 6) is -1.15. The molecule has 0 bridgehead atoms. The number of rotatable bonds is 5. The zero-order valence-electron chi connectivity index (χ0n) is 12.0. The van der Waals surface area contributed by atoms with Crippen LogP contribution in [0.2, 0.25) is 0 Å². The smallest absolute Gasteiger partial charge is 0.318 e. The van der Waals surface area contributed by atoms with E-state index >= 15 is 0 Å². The van der Waals surface area contributed by atoms with Crippen molar-refractivity contribution in [2.24, 2.45) is 0 Å². The lowest BCUT2D eigenvalue weighted by molar-refractivity contribution is -0.141. The molecule has 0 aromatic heterocycles. The van der Waals surface area contributed by atoms with Crippen LogP contribution in [0.25, 0.3) is 0 Å². The van der Waals surface area contributed by atoms with E-state index in [1.807, 2.05) is 0 Å². The molecule has 0 aromatic carbocycles. The van der Waals surface area contributed by atoms with Crippen LogP contribution in [0.15, 0.2) is 0 Å². The molecule has 0 aromatic rings. The molecule has 2 fully saturated rings. The van der Waals surface area contributed by atoms with Crippen LogP contribution in [0.3, 0.4) is 0 Å². The lowest BCUT2D eigenvalue weighted by atomic mass is 10.2. The van der Waals surface area contributed by atoms with E-state index < -0.39 is 18.1 Å². The Hall–Kier alpha value is -1.83. The van der Waals surface area contributed by atoms with Gasteiger partial charge in [0.05, 0.1) is 19.1 Å². The van der Waals surface area contributed by atoms with Gasteiger partial charge >= 0.3 is 12.0 Å². The Bertz CT molecular complexity index is 424. The van der Waals surface area contributed by atoms with Crippen molar-refractivity contribution in [3.63, 3.8) is 0 Å². The third-order valence-corrected chi connectivity index (χ3v) is 3.49. The van der Waals surface area contributed by atoms with Crippen molar-refractivity contribution >= 4 is 17.9 Å². The molecule has 1 aliphatic carbocycles. The summed E-state index contributed by atoms with van der Waals surface area (Å²) in [5.41, 5.74) is 0. The third-order valence-electron chi connectivity index (χ3n) is 3.49. The van der Waals surface area contributed by atoms with Gasteiger partial charge in [0.15, 0.2) is 0 Å². The molecule has 1 aliphatic heterocycles. The van der Waals surface area contributed by atoms with Crippen molar-refractivity contribution in [3.05, 3.63) is 0 Å². The molecule has 3 N–H and O–H groups in total. The monoisotopic (exact) mass is 299 g/mol. The number of hydrogen-bond acceptors (Lipinski definition) is 4. The number of ether oxygens (including phenoxy) is 1. The van der Waals surface area contributed by atoms with Crippen LogP contribution in [0, 0.1) is 0 Å².